The van der Waals surface area contributed by atoms with Gasteiger partial charge in [-0.2, -0.15) is 13.2 Å². The minimum Gasteiger partial charge on any atom is -0.493 e. The van der Waals surface area contributed by atoms with E-state index in [2.05, 4.69) is 5.32 Å². The largest absolute Gasteiger partial charge is 0.493 e. The molecule has 2 atom stereocenters. The molecule has 2 aromatic carbocycles. The molecule has 0 fully saturated rings. The van der Waals surface area contributed by atoms with Crippen LogP contribution >= 0.6 is 0 Å². The third-order valence-electron chi connectivity index (χ3n) is 5.80. The molecule has 0 spiro atoms. The third-order valence-corrected chi connectivity index (χ3v) is 5.80. The van der Waals surface area contributed by atoms with Gasteiger partial charge in [-0.05, 0) is 50.1 Å². The summed E-state index contributed by atoms with van der Waals surface area (Å²) in [6.07, 6.45) is -5.02. The molecule has 0 radical (unpaired) electrons. The Morgan fingerprint density at radius 2 is 1.77 bits per heavy atom. The van der Waals surface area contributed by atoms with Gasteiger partial charge in [-0.1, -0.05) is 0 Å². The van der Waals surface area contributed by atoms with E-state index in [1.165, 1.54) is 19.1 Å². The van der Waals surface area contributed by atoms with Gasteiger partial charge in [-0.3, -0.25) is 9.69 Å². The van der Waals surface area contributed by atoms with E-state index in [1.807, 2.05) is 0 Å². The van der Waals surface area contributed by atoms with Crippen molar-refractivity contribution >= 4 is 17.7 Å². The van der Waals surface area contributed by atoms with Gasteiger partial charge in [0.05, 0.1) is 37.6 Å². The van der Waals surface area contributed by atoms with Gasteiger partial charge in [0.1, 0.15) is 5.82 Å². The fourth-order valence-electron chi connectivity index (χ4n) is 4.23. The van der Waals surface area contributed by atoms with Crippen LogP contribution in [0.3, 0.4) is 0 Å². The zero-order valence-electron chi connectivity index (χ0n) is 19.7. The summed E-state index contributed by atoms with van der Waals surface area (Å²) in [5.41, 5.74) is -0.944. The van der Waals surface area contributed by atoms with Crippen molar-refractivity contribution in [2.75, 3.05) is 32.3 Å². The quantitative estimate of drug-likeness (QED) is 0.559. The Labute approximate surface area is 199 Å². The summed E-state index contributed by atoms with van der Waals surface area (Å²) in [5, 5.41) is 2.49. The van der Waals surface area contributed by atoms with Gasteiger partial charge >= 0.3 is 12.3 Å². The number of ether oxygens (including phenoxy) is 3. The molecule has 1 aliphatic heterocycles. The van der Waals surface area contributed by atoms with Crippen molar-refractivity contribution in [2.24, 2.45) is 0 Å². The summed E-state index contributed by atoms with van der Waals surface area (Å²) in [4.78, 5) is 26.8. The second kappa shape index (κ2) is 10.4. The molecule has 2 amide bonds. The molecule has 7 nitrogen and oxygen atoms in total. The van der Waals surface area contributed by atoms with Crippen LogP contribution in [0.25, 0.3) is 0 Å². The van der Waals surface area contributed by atoms with E-state index in [4.69, 9.17) is 14.2 Å². The highest BCUT2D eigenvalue weighted by Crippen LogP contribution is 2.44. The van der Waals surface area contributed by atoms with Crippen molar-refractivity contribution in [1.29, 1.82) is 0 Å². The van der Waals surface area contributed by atoms with Gasteiger partial charge < -0.3 is 19.5 Å². The number of amides is 2. The number of carbonyl (C=O) groups excluding carboxylic acids is 2. The fourth-order valence-corrected chi connectivity index (χ4v) is 4.23. The maximum Gasteiger partial charge on any atom is 0.417 e. The maximum absolute atomic E-state index is 13.7. The number of nitrogens with zero attached hydrogens (tertiary/aromatic N) is 1. The number of rotatable bonds is 6. The van der Waals surface area contributed by atoms with E-state index in [-0.39, 0.29) is 19.2 Å². The van der Waals surface area contributed by atoms with Crippen LogP contribution in [0.5, 0.6) is 11.5 Å². The van der Waals surface area contributed by atoms with E-state index in [0.29, 0.717) is 47.4 Å². The molecule has 1 aliphatic rings. The van der Waals surface area contributed by atoms with Crippen molar-refractivity contribution in [2.45, 2.75) is 38.4 Å². The van der Waals surface area contributed by atoms with Gasteiger partial charge in [0.2, 0.25) is 0 Å². The Morgan fingerprint density at radius 3 is 2.37 bits per heavy atom. The number of anilines is 1. The first-order valence-electron chi connectivity index (χ1n) is 10.9. The SMILES string of the molecule is CCOC(=O)N1c2cc(OC)c(OC)cc2C(CNC(=O)c2cc(F)ccc2C(F)(F)F)CC1C. The number of hydrogen-bond acceptors (Lipinski definition) is 5. The average Bonchev–Trinajstić information content (AvgIpc) is 2.80. The molecule has 3 rings (SSSR count). The van der Waals surface area contributed by atoms with Crippen molar-refractivity contribution in [3.05, 3.63) is 52.8 Å². The predicted molar refractivity (Wildman–Crippen MR) is 120 cm³/mol. The molecule has 0 saturated heterocycles. The van der Waals surface area contributed by atoms with Gasteiger partial charge in [-0.25, -0.2) is 9.18 Å². The smallest absolute Gasteiger partial charge is 0.417 e. The molecule has 11 heteroatoms. The average molecular weight is 498 g/mol. The molecule has 190 valence electrons. The number of halogens is 4. The van der Waals surface area contributed by atoms with Crippen LogP contribution < -0.4 is 19.7 Å². The molecule has 2 aromatic rings. The normalized spacial score (nSPS) is 17.4. The molecule has 35 heavy (non-hydrogen) atoms. The number of hydrogen-bond donors (Lipinski definition) is 1. The molecule has 1 N–H and O–H groups in total. The highest BCUT2D eigenvalue weighted by Gasteiger charge is 2.38. The number of alkyl halides is 3. The monoisotopic (exact) mass is 498 g/mol. The van der Waals surface area contributed by atoms with Crippen LogP contribution in [0.4, 0.5) is 28.0 Å². The minimum absolute atomic E-state index is 0.0594. The second-order valence-corrected chi connectivity index (χ2v) is 8.01. The second-order valence-electron chi connectivity index (χ2n) is 8.01. The molecule has 0 aromatic heterocycles. The summed E-state index contributed by atoms with van der Waals surface area (Å²) >= 11 is 0. The Bertz CT molecular complexity index is 1110. The lowest BCUT2D eigenvalue weighted by Crippen LogP contribution is -2.45. The van der Waals surface area contributed by atoms with E-state index in [9.17, 15) is 27.2 Å². The van der Waals surface area contributed by atoms with E-state index < -0.39 is 41.0 Å². The zero-order chi connectivity index (χ0) is 25.9. The van der Waals surface area contributed by atoms with Crippen LogP contribution in [-0.2, 0) is 10.9 Å². The van der Waals surface area contributed by atoms with Gasteiger partial charge in [0, 0.05) is 24.6 Å². The number of carbonyl (C=O) groups is 2. The number of methoxy groups -OCH3 is 2. The van der Waals surface area contributed by atoms with Crippen molar-refractivity contribution in [3.8, 4) is 11.5 Å². The lowest BCUT2D eigenvalue weighted by Gasteiger charge is -2.39. The number of benzene rings is 2. The molecule has 0 saturated carbocycles. The number of nitrogens with one attached hydrogen (secondary N) is 1. The van der Waals surface area contributed by atoms with Crippen LogP contribution in [0.2, 0.25) is 0 Å². The Morgan fingerprint density at radius 1 is 1.11 bits per heavy atom. The van der Waals surface area contributed by atoms with Gasteiger partial charge in [-0.15, -0.1) is 0 Å². The Kier molecular flexibility index (Phi) is 7.76. The van der Waals surface area contributed by atoms with Gasteiger partial charge in [0.15, 0.2) is 11.5 Å². The molecule has 0 aliphatic carbocycles. The maximum atomic E-state index is 13.7. The van der Waals surface area contributed by atoms with Crippen LogP contribution in [0, 0.1) is 5.82 Å². The predicted octanol–water partition coefficient (Wildman–Crippen LogP) is 5.13. The molecule has 1 heterocycles. The molecular formula is C24H26F4N2O5. The number of fused-ring (bicyclic) bond motifs is 1. The summed E-state index contributed by atoms with van der Waals surface area (Å²) in [7, 11) is 2.89. The third kappa shape index (κ3) is 5.44. The van der Waals surface area contributed by atoms with E-state index in [0.717, 1.165) is 0 Å². The van der Waals surface area contributed by atoms with Crippen LogP contribution in [0.15, 0.2) is 30.3 Å². The summed E-state index contributed by atoms with van der Waals surface area (Å²) < 4.78 is 69.6. The Hall–Kier alpha value is -3.50. The standard InChI is InChI=1S/C24H26F4N2O5/c1-5-35-23(32)30-13(2)8-14(16-10-20(33-3)21(34-4)11-19(16)30)12-29-22(31)17-9-15(25)6-7-18(17)24(26,27)28/h6-7,9-11,13-14H,5,8,12H2,1-4H3,(H,29,31). The minimum atomic E-state index is -4.82. The van der Waals surface area contributed by atoms with Crippen LogP contribution in [0.1, 0.15) is 47.7 Å². The lowest BCUT2D eigenvalue weighted by molar-refractivity contribution is -0.138. The summed E-state index contributed by atoms with van der Waals surface area (Å²) in [6, 6.07) is 4.67. The zero-order valence-corrected chi connectivity index (χ0v) is 19.7. The highest BCUT2D eigenvalue weighted by atomic mass is 19.4. The van der Waals surface area contributed by atoms with Crippen LogP contribution in [-0.4, -0.2) is 45.4 Å². The highest BCUT2D eigenvalue weighted by molar-refractivity contribution is 5.96. The molecular weight excluding hydrogens is 472 g/mol. The first kappa shape index (κ1) is 26.1. The fraction of sp³-hybridized carbons (Fsp3) is 0.417. The molecule has 2 unspecified atom stereocenters. The first-order valence-corrected chi connectivity index (χ1v) is 10.9. The summed E-state index contributed by atoms with van der Waals surface area (Å²) in [5.74, 6) is -1.66. The van der Waals surface area contributed by atoms with Crippen molar-refractivity contribution < 1.29 is 41.4 Å². The van der Waals surface area contributed by atoms with Crippen molar-refractivity contribution in [1.82, 2.24) is 5.32 Å². The van der Waals surface area contributed by atoms with Crippen molar-refractivity contribution in [3.63, 3.8) is 0 Å². The topological polar surface area (TPSA) is 77.1 Å². The summed E-state index contributed by atoms with van der Waals surface area (Å²) in [6.45, 7) is 3.58. The van der Waals surface area contributed by atoms with E-state index in [1.54, 1.807) is 26.0 Å². The van der Waals surface area contributed by atoms with Gasteiger partial charge in [0.25, 0.3) is 5.91 Å². The van der Waals surface area contributed by atoms with E-state index >= 15 is 0 Å². The lowest BCUT2D eigenvalue weighted by atomic mass is 9.85. The molecule has 0 bridgehead atoms. The first-order chi connectivity index (χ1) is 16.5. The Balaban J connectivity index is 1.95.